The number of furan rings is 1. The largest absolute Gasteiger partial charge is 0.465 e. The fourth-order valence-electron chi connectivity index (χ4n) is 2.83. The molecule has 0 unspecified atom stereocenters. The zero-order valence-corrected chi connectivity index (χ0v) is 14.0. The van der Waals surface area contributed by atoms with Crippen LogP contribution in [0.5, 0.6) is 0 Å². The standard InChI is InChI=1S/C15H20N4O3S/c1-11-10-14(12(2)22-11)23(20,21)19-8-5-13(6-9-19)17-15-4-3-7-16-18-15/h3-4,7,10,13H,5-6,8-9H2,1-2H3,(H,17,18). The molecule has 8 heteroatoms. The minimum absolute atomic E-state index is 0.199. The molecule has 2 aromatic rings. The van der Waals surface area contributed by atoms with Crippen LogP contribution in [-0.2, 0) is 10.0 Å². The van der Waals surface area contributed by atoms with E-state index in [1.807, 2.05) is 12.1 Å². The third kappa shape index (κ3) is 3.37. The third-order valence-corrected chi connectivity index (χ3v) is 6.00. The lowest BCUT2D eigenvalue weighted by Crippen LogP contribution is -2.42. The van der Waals surface area contributed by atoms with Gasteiger partial charge in [-0.05, 0) is 44.9 Å². The topological polar surface area (TPSA) is 88.3 Å². The minimum Gasteiger partial charge on any atom is -0.465 e. The molecule has 124 valence electrons. The molecule has 0 bridgehead atoms. The molecule has 1 fully saturated rings. The molecule has 0 aromatic carbocycles. The highest BCUT2D eigenvalue weighted by Gasteiger charge is 2.32. The van der Waals surface area contributed by atoms with E-state index >= 15 is 0 Å². The Balaban J connectivity index is 1.65. The van der Waals surface area contributed by atoms with Crippen molar-refractivity contribution in [2.45, 2.75) is 37.6 Å². The number of aromatic nitrogens is 2. The maximum absolute atomic E-state index is 12.7. The highest BCUT2D eigenvalue weighted by molar-refractivity contribution is 7.89. The van der Waals surface area contributed by atoms with Crippen LogP contribution in [0.1, 0.15) is 24.4 Å². The molecule has 23 heavy (non-hydrogen) atoms. The number of piperidine rings is 1. The van der Waals surface area contributed by atoms with Crippen molar-refractivity contribution in [1.29, 1.82) is 0 Å². The van der Waals surface area contributed by atoms with Gasteiger partial charge in [0.25, 0.3) is 0 Å². The van der Waals surface area contributed by atoms with Gasteiger partial charge in [0, 0.05) is 25.3 Å². The summed E-state index contributed by atoms with van der Waals surface area (Å²) in [5.41, 5.74) is 0. The fraction of sp³-hybridized carbons (Fsp3) is 0.467. The lowest BCUT2D eigenvalue weighted by molar-refractivity contribution is 0.328. The molecule has 0 amide bonds. The molecule has 3 heterocycles. The van der Waals surface area contributed by atoms with Crippen LogP contribution in [0.15, 0.2) is 33.7 Å². The second kappa shape index (κ2) is 6.29. The van der Waals surface area contributed by atoms with Crippen molar-refractivity contribution >= 4 is 15.8 Å². The van der Waals surface area contributed by atoms with E-state index in [0.717, 1.165) is 18.7 Å². The van der Waals surface area contributed by atoms with Crippen LogP contribution in [0, 0.1) is 13.8 Å². The van der Waals surface area contributed by atoms with E-state index in [9.17, 15) is 8.42 Å². The van der Waals surface area contributed by atoms with Gasteiger partial charge in [0.05, 0.1) is 0 Å². The Bertz CT molecular complexity index is 765. The Hall–Kier alpha value is -1.93. The summed E-state index contributed by atoms with van der Waals surface area (Å²) in [5.74, 6) is 1.78. The van der Waals surface area contributed by atoms with E-state index in [2.05, 4.69) is 15.5 Å². The van der Waals surface area contributed by atoms with E-state index in [1.165, 1.54) is 4.31 Å². The Morgan fingerprint density at radius 3 is 2.61 bits per heavy atom. The summed E-state index contributed by atoms with van der Waals surface area (Å²) in [6, 6.07) is 5.46. The summed E-state index contributed by atoms with van der Waals surface area (Å²) in [5, 5.41) is 11.1. The van der Waals surface area contributed by atoms with Gasteiger partial charge < -0.3 is 9.73 Å². The van der Waals surface area contributed by atoms with Crippen LogP contribution in [0.2, 0.25) is 0 Å². The van der Waals surface area contributed by atoms with Crippen LogP contribution < -0.4 is 5.32 Å². The molecule has 1 N–H and O–H groups in total. The smallest absolute Gasteiger partial charge is 0.246 e. The molecule has 1 saturated heterocycles. The van der Waals surface area contributed by atoms with Crippen LogP contribution in [0.4, 0.5) is 5.82 Å². The molecule has 0 radical (unpaired) electrons. The second-order valence-electron chi connectivity index (χ2n) is 5.71. The molecule has 1 aliphatic rings. The van der Waals surface area contributed by atoms with Crippen molar-refractivity contribution in [2.24, 2.45) is 0 Å². The highest BCUT2D eigenvalue weighted by Crippen LogP contribution is 2.26. The molecule has 0 saturated carbocycles. The van der Waals surface area contributed by atoms with Crippen molar-refractivity contribution < 1.29 is 12.8 Å². The minimum atomic E-state index is -3.48. The molecular weight excluding hydrogens is 316 g/mol. The summed E-state index contributed by atoms with van der Waals surface area (Å²) in [4.78, 5) is 0.273. The van der Waals surface area contributed by atoms with E-state index in [0.29, 0.717) is 24.6 Å². The first-order valence-electron chi connectivity index (χ1n) is 7.58. The number of aryl methyl sites for hydroxylation is 2. The van der Waals surface area contributed by atoms with Gasteiger partial charge in [0.1, 0.15) is 22.2 Å². The predicted octanol–water partition coefficient (Wildman–Crippen LogP) is 1.95. The van der Waals surface area contributed by atoms with Gasteiger partial charge in [0.2, 0.25) is 10.0 Å². The van der Waals surface area contributed by atoms with Gasteiger partial charge in [-0.15, -0.1) is 5.10 Å². The Morgan fingerprint density at radius 2 is 2.04 bits per heavy atom. The van der Waals surface area contributed by atoms with Crippen molar-refractivity contribution in [3.05, 3.63) is 35.9 Å². The van der Waals surface area contributed by atoms with Crippen LogP contribution in [0.25, 0.3) is 0 Å². The summed E-state index contributed by atoms with van der Waals surface area (Å²) >= 11 is 0. The average molecular weight is 336 g/mol. The Morgan fingerprint density at radius 1 is 1.30 bits per heavy atom. The normalized spacial score (nSPS) is 17.3. The summed E-state index contributed by atoms with van der Waals surface area (Å²) in [6.07, 6.45) is 3.08. The van der Waals surface area contributed by atoms with E-state index < -0.39 is 10.0 Å². The number of hydrogen-bond acceptors (Lipinski definition) is 6. The van der Waals surface area contributed by atoms with Crippen molar-refractivity contribution in [1.82, 2.24) is 14.5 Å². The molecule has 1 aliphatic heterocycles. The molecular formula is C15H20N4O3S. The number of anilines is 1. The van der Waals surface area contributed by atoms with Gasteiger partial charge in [-0.3, -0.25) is 0 Å². The Kier molecular flexibility index (Phi) is 4.36. The molecule has 2 aromatic heterocycles. The Labute approximate surface area is 135 Å². The SMILES string of the molecule is Cc1cc(S(=O)(=O)N2CCC(Nc3cccnn3)CC2)c(C)o1. The molecule has 0 atom stereocenters. The molecule has 3 rings (SSSR count). The third-order valence-electron chi connectivity index (χ3n) is 3.99. The number of hydrogen-bond donors (Lipinski definition) is 1. The number of nitrogens with one attached hydrogen (secondary N) is 1. The first-order valence-corrected chi connectivity index (χ1v) is 9.02. The summed E-state index contributed by atoms with van der Waals surface area (Å²) in [7, 11) is -3.48. The van der Waals surface area contributed by atoms with Crippen molar-refractivity contribution in [2.75, 3.05) is 18.4 Å². The quantitative estimate of drug-likeness (QED) is 0.918. The summed E-state index contributed by atoms with van der Waals surface area (Å²) < 4.78 is 32.3. The summed E-state index contributed by atoms with van der Waals surface area (Å²) in [6.45, 7) is 4.39. The maximum Gasteiger partial charge on any atom is 0.246 e. The average Bonchev–Trinajstić information content (AvgIpc) is 2.88. The van der Waals surface area contributed by atoms with E-state index in [1.54, 1.807) is 26.1 Å². The molecule has 7 nitrogen and oxygen atoms in total. The highest BCUT2D eigenvalue weighted by atomic mass is 32.2. The first-order chi connectivity index (χ1) is 11.0. The predicted molar refractivity (Wildman–Crippen MR) is 85.6 cm³/mol. The lowest BCUT2D eigenvalue weighted by atomic mass is 10.1. The lowest BCUT2D eigenvalue weighted by Gasteiger charge is -2.31. The van der Waals surface area contributed by atoms with Gasteiger partial charge >= 0.3 is 0 Å². The maximum atomic E-state index is 12.7. The molecule has 0 aliphatic carbocycles. The second-order valence-corrected chi connectivity index (χ2v) is 7.62. The number of rotatable bonds is 4. The first kappa shape index (κ1) is 15.9. The number of sulfonamides is 1. The monoisotopic (exact) mass is 336 g/mol. The van der Waals surface area contributed by atoms with Crippen LogP contribution >= 0.6 is 0 Å². The fourth-order valence-corrected chi connectivity index (χ4v) is 4.52. The van der Waals surface area contributed by atoms with Crippen LogP contribution in [-0.4, -0.2) is 42.1 Å². The van der Waals surface area contributed by atoms with Gasteiger partial charge in [-0.25, -0.2) is 8.42 Å². The van der Waals surface area contributed by atoms with Gasteiger partial charge in [-0.1, -0.05) is 0 Å². The van der Waals surface area contributed by atoms with Crippen LogP contribution in [0.3, 0.4) is 0 Å². The van der Waals surface area contributed by atoms with Crippen molar-refractivity contribution in [3.63, 3.8) is 0 Å². The van der Waals surface area contributed by atoms with Crippen molar-refractivity contribution in [3.8, 4) is 0 Å². The van der Waals surface area contributed by atoms with E-state index in [-0.39, 0.29) is 10.9 Å². The van der Waals surface area contributed by atoms with Gasteiger partial charge in [-0.2, -0.15) is 9.40 Å². The zero-order chi connectivity index (χ0) is 16.4. The van der Waals surface area contributed by atoms with Gasteiger partial charge in [0.15, 0.2) is 0 Å². The number of nitrogens with zero attached hydrogens (tertiary/aromatic N) is 3. The van der Waals surface area contributed by atoms with E-state index in [4.69, 9.17) is 4.42 Å². The molecule has 0 spiro atoms. The zero-order valence-electron chi connectivity index (χ0n) is 13.2.